The van der Waals surface area contributed by atoms with E-state index in [1.54, 1.807) is 24.3 Å². The Morgan fingerprint density at radius 2 is 1.27 bits per heavy atom. The number of fused-ring (bicyclic) bond motifs is 2. The van der Waals surface area contributed by atoms with E-state index in [4.69, 9.17) is 0 Å². The standard InChI is InChI=1S/C27H23N3O2S/c1-19-10-12-22(13-11-19)33(31,32)27(18-28,14-20-16-29-25-8-4-2-6-23(20)25)15-21-17-30-26-9-5-3-7-24(21)26/h2-13,16-17,29-30H,14-15H2,1H3. The number of aromatic amines is 2. The molecule has 0 amide bonds. The van der Waals surface area contributed by atoms with E-state index >= 15 is 0 Å². The zero-order chi connectivity index (χ0) is 23.1. The molecule has 2 N–H and O–H groups in total. The van der Waals surface area contributed by atoms with E-state index in [0.717, 1.165) is 38.5 Å². The van der Waals surface area contributed by atoms with Gasteiger partial charge in [-0.15, -0.1) is 0 Å². The van der Waals surface area contributed by atoms with Gasteiger partial charge in [0.05, 0.1) is 11.0 Å². The van der Waals surface area contributed by atoms with Gasteiger partial charge in [-0.05, 0) is 42.3 Å². The highest BCUT2D eigenvalue weighted by atomic mass is 32.2. The van der Waals surface area contributed by atoms with Crippen molar-refractivity contribution < 1.29 is 8.42 Å². The van der Waals surface area contributed by atoms with E-state index in [1.807, 2.05) is 67.8 Å². The van der Waals surface area contributed by atoms with Crippen LogP contribution in [0.4, 0.5) is 0 Å². The highest BCUT2D eigenvalue weighted by Gasteiger charge is 2.46. The van der Waals surface area contributed by atoms with Crippen LogP contribution >= 0.6 is 0 Å². The maximum absolute atomic E-state index is 14.1. The molecule has 0 fully saturated rings. The number of hydrogen-bond donors (Lipinski definition) is 2. The molecule has 0 saturated heterocycles. The van der Waals surface area contributed by atoms with Gasteiger partial charge in [0.25, 0.3) is 0 Å². The van der Waals surface area contributed by atoms with Crippen LogP contribution in [0, 0.1) is 18.3 Å². The highest BCUT2D eigenvalue weighted by molar-refractivity contribution is 7.93. The molecule has 0 aliphatic rings. The quantitative estimate of drug-likeness (QED) is 0.357. The lowest BCUT2D eigenvalue weighted by Gasteiger charge is -2.27. The SMILES string of the molecule is Cc1ccc(S(=O)(=O)C(C#N)(Cc2c[nH]c3ccccc23)Cc2c[nH]c3ccccc23)cc1. The molecule has 0 aliphatic carbocycles. The van der Waals surface area contributed by atoms with Crippen molar-refractivity contribution in [3.05, 3.63) is 102 Å². The predicted molar refractivity (Wildman–Crippen MR) is 131 cm³/mol. The summed E-state index contributed by atoms with van der Waals surface area (Å²) in [6.07, 6.45) is 3.78. The van der Waals surface area contributed by atoms with Crippen molar-refractivity contribution >= 4 is 31.6 Å². The van der Waals surface area contributed by atoms with Gasteiger partial charge in [0.1, 0.15) is 0 Å². The number of benzene rings is 3. The molecule has 0 spiro atoms. The summed E-state index contributed by atoms with van der Waals surface area (Å²) in [6, 6.07) is 24.5. The van der Waals surface area contributed by atoms with Crippen LogP contribution in [-0.4, -0.2) is 23.1 Å². The third-order valence-corrected chi connectivity index (χ3v) is 8.65. The summed E-state index contributed by atoms with van der Waals surface area (Å²) in [5.74, 6) is 0. The lowest BCUT2D eigenvalue weighted by molar-refractivity contribution is 0.550. The van der Waals surface area contributed by atoms with Crippen LogP contribution in [0.25, 0.3) is 21.8 Å². The fourth-order valence-electron chi connectivity index (χ4n) is 4.51. The van der Waals surface area contributed by atoms with Crippen molar-refractivity contribution in [2.45, 2.75) is 29.4 Å². The molecular formula is C27H23N3O2S. The number of aromatic nitrogens is 2. The maximum Gasteiger partial charge on any atom is 0.198 e. The molecule has 6 heteroatoms. The Morgan fingerprint density at radius 3 is 1.76 bits per heavy atom. The van der Waals surface area contributed by atoms with Gasteiger partial charge in [-0.25, -0.2) is 8.42 Å². The Balaban J connectivity index is 1.69. The molecule has 5 nitrogen and oxygen atoms in total. The number of aryl methyl sites for hydroxylation is 1. The first-order valence-corrected chi connectivity index (χ1v) is 12.2. The normalized spacial score (nSPS) is 12.2. The van der Waals surface area contributed by atoms with Gasteiger partial charge in [-0.1, -0.05) is 54.1 Å². The Hall–Kier alpha value is -3.82. The lowest BCUT2D eigenvalue weighted by atomic mass is 9.92. The molecular weight excluding hydrogens is 430 g/mol. The first kappa shape index (κ1) is 21.0. The third-order valence-electron chi connectivity index (χ3n) is 6.35. The number of nitrogens with one attached hydrogen (secondary N) is 2. The molecule has 0 radical (unpaired) electrons. The summed E-state index contributed by atoms with van der Waals surface area (Å²) in [6.45, 7) is 1.91. The topological polar surface area (TPSA) is 89.5 Å². The smallest absolute Gasteiger partial charge is 0.198 e. The van der Waals surface area contributed by atoms with E-state index in [0.29, 0.717) is 0 Å². The van der Waals surface area contributed by atoms with Crippen molar-refractivity contribution in [1.29, 1.82) is 5.26 Å². The summed E-state index contributed by atoms with van der Waals surface area (Å²) in [5, 5.41) is 12.4. The van der Waals surface area contributed by atoms with Crippen LogP contribution in [-0.2, 0) is 22.7 Å². The van der Waals surface area contributed by atoms with Crippen molar-refractivity contribution in [3.63, 3.8) is 0 Å². The Bertz CT molecular complexity index is 1530. The van der Waals surface area contributed by atoms with E-state index in [2.05, 4.69) is 16.0 Å². The summed E-state index contributed by atoms with van der Waals surface area (Å²) < 4.78 is 26.5. The fourth-order valence-corrected chi connectivity index (χ4v) is 6.26. The molecule has 2 aromatic heterocycles. The highest BCUT2D eigenvalue weighted by Crippen LogP contribution is 2.36. The van der Waals surface area contributed by atoms with E-state index < -0.39 is 14.6 Å². The monoisotopic (exact) mass is 453 g/mol. The molecule has 5 aromatic rings. The van der Waals surface area contributed by atoms with Gasteiger partial charge in [-0.2, -0.15) is 5.26 Å². The molecule has 0 aliphatic heterocycles. The van der Waals surface area contributed by atoms with Gasteiger partial charge in [0.2, 0.25) is 0 Å². The predicted octanol–water partition coefficient (Wildman–Crippen LogP) is 5.48. The molecule has 0 unspecified atom stereocenters. The van der Waals surface area contributed by atoms with Crippen LogP contribution in [0.2, 0.25) is 0 Å². The second kappa shape index (κ2) is 7.95. The van der Waals surface area contributed by atoms with Gasteiger partial charge in [0.15, 0.2) is 14.6 Å². The van der Waals surface area contributed by atoms with Crippen LogP contribution < -0.4 is 0 Å². The average molecular weight is 454 g/mol. The Morgan fingerprint density at radius 1 is 0.788 bits per heavy atom. The van der Waals surface area contributed by atoms with Crippen molar-refractivity contribution in [1.82, 2.24) is 9.97 Å². The Kier molecular flexibility index (Phi) is 5.07. The van der Waals surface area contributed by atoms with Gasteiger partial charge >= 0.3 is 0 Å². The van der Waals surface area contributed by atoms with Crippen molar-refractivity contribution in [2.75, 3.05) is 0 Å². The van der Waals surface area contributed by atoms with E-state index in [1.165, 1.54) is 0 Å². The molecule has 0 atom stereocenters. The maximum atomic E-state index is 14.1. The summed E-state index contributed by atoms with van der Waals surface area (Å²) in [7, 11) is -4.01. The second-order valence-electron chi connectivity index (χ2n) is 8.50. The summed E-state index contributed by atoms with van der Waals surface area (Å²) in [5.41, 5.74) is 4.41. The zero-order valence-corrected chi connectivity index (χ0v) is 19.0. The minimum absolute atomic E-state index is 0.0726. The van der Waals surface area contributed by atoms with Gasteiger partial charge in [0, 0.05) is 47.0 Å². The molecule has 5 rings (SSSR count). The average Bonchev–Trinajstić information content (AvgIpc) is 3.43. The third kappa shape index (κ3) is 3.51. The van der Waals surface area contributed by atoms with Gasteiger partial charge in [-0.3, -0.25) is 0 Å². The number of rotatable bonds is 6. The fraction of sp³-hybridized carbons (Fsp3) is 0.148. The van der Waals surface area contributed by atoms with Crippen LogP contribution in [0.15, 0.2) is 90.1 Å². The molecule has 0 saturated carbocycles. The van der Waals surface area contributed by atoms with E-state index in [-0.39, 0.29) is 17.7 Å². The van der Waals surface area contributed by atoms with Crippen LogP contribution in [0.3, 0.4) is 0 Å². The molecule has 164 valence electrons. The van der Waals surface area contributed by atoms with Gasteiger partial charge < -0.3 is 9.97 Å². The number of hydrogen-bond acceptors (Lipinski definition) is 3. The van der Waals surface area contributed by atoms with Crippen LogP contribution in [0.1, 0.15) is 16.7 Å². The minimum atomic E-state index is -4.01. The second-order valence-corrected chi connectivity index (χ2v) is 10.8. The summed E-state index contributed by atoms with van der Waals surface area (Å²) >= 11 is 0. The lowest BCUT2D eigenvalue weighted by Crippen LogP contribution is -2.42. The molecule has 2 heterocycles. The first-order chi connectivity index (χ1) is 15.9. The minimum Gasteiger partial charge on any atom is -0.361 e. The molecule has 33 heavy (non-hydrogen) atoms. The number of nitrogens with zero attached hydrogens (tertiary/aromatic N) is 1. The van der Waals surface area contributed by atoms with E-state index in [9.17, 15) is 13.7 Å². The molecule has 0 bridgehead atoms. The Labute approximate surface area is 192 Å². The number of nitriles is 1. The van der Waals surface area contributed by atoms with Crippen LogP contribution in [0.5, 0.6) is 0 Å². The number of para-hydroxylation sites is 2. The number of sulfone groups is 1. The zero-order valence-electron chi connectivity index (χ0n) is 18.2. The summed E-state index contributed by atoms with van der Waals surface area (Å²) in [4.78, 5) is 6.58. The van der Waals surface area contributed by atoms with Crippen molar-refractivity contribution in [3.8, 4) is 6.07 Å². The molecule has 3 aromatic carbocycles. The number of H-pyrrole nitrogens is 2. The largest absolute Gasteiger partial charge is 0.361 e. The first-order valence-electron chi connectivity index (χ1n) is 10.8. The van der Waals surface area contributed by atoms with Crippen molar-refractivity contribution in [2.24, 2.45) is 0 Å².